The van der Waals surface area contributed by atoms with Crippen LogP contribution in [0.15, 0.2) is 83.7 Å². The van der Waals surface area contributed by atoms with Crippen molar-refractivity contribution < 1.29 is 9.21 Å². The number of rotatable bonds is 9. The van der Waals surface area contributed by atoms with Gasteiger partial charge in [0.15, 0.2) is 5.69 Å². The summed E-state index contributed by atoms with van der Waals surface area (Å²) in [7, 11) is 0. The van der Waals surface area contributed by atoms with Gasteiger partial charge < -0.3 is 9.73 Å². The number of benzene rings is 2. The highest BCUT2D eigenvalue weighted by Gasteiger charge is 2.21. The monoisotopic (exact) mass is 494 g/mol. The summed E-state index contributed by atoms with van der Waals surface area (Å²) < 4.78 is 5.66. The number of pyridine rings is 1. The van der Waals surface area contributed by atoms with Crippen LogP contribution in [0.4, 0.5) is 0 Å². The molecule has 0 radical (unpaired) electrons. The summed E-state index contributed by atoms with van der Waals surface area (Å²) in [6.45, 7) is 3.49. The molecule has 6 nitrogen and oxygen atoms in total. The van der Waals surface area contributed by atoms with Crippen molar-refractivity contribution in [3.8, 4) is 0 Å². The number of carbonyl (C=O) groups is 1. The summed E-state index contributed by atoms with van der Waals surface area (Å²) in [5.41, 5.74) is 3.31. The summed E-state index contributed by atoms with van der Waals surface area (Å²) in [5, 5.41) is 3.87. The van der Waals surface area contributed by atoms with E-state index in [1.807, 2.05) is 42.5 Å². The Hall–Kier alpha value is -3.19. The van der Waals surface area contributed by atoms with Crippen LogP contribution in [0.1, 0.15) is 46.0 Å². The van der Waals surface area contributed by atoms with Gasteiger partial charge in [-0.05, 0) is 41.8 Å². The molecule has 1 amide bonds. The Balaban J connectivity index is 1.49. The zero-order valence-corrected chi connectivity index (χ0v) is 20.1. The summed E-state index contributed by atoms with van der Waals surface area (Å²) in [6, 6.07) is 19.6. The molecule has 1 N–H and O–H groups in total. The SMILES string of the molecule is CC(c1ccccc1)N(Cc1ccc(Cl)c(Cl)c1)Cc1nc(C(=O)NCc2cccnc2)co1. The number of hydrogen-bond acceptors (Lipinski definition) is 5. The molecule has 0 aliphatic rings. The quantitative estimate of drug-likeness (QED) is 0.305. The third kappa shape index (κ3) is 6.23. The molecule has 0 fully saturated rings. The maximum absolute atomic E-state index is 12.5. The van der Waals surface area contributed by atoms with Crippen LogP contribution in [0.3, 0.4) is 0 Å². The van der Waals surface area contributed by atoms with E-state index in [1.54, 1.807) is 18.5 Å². The van der Waals surface area contributed by atoms with Crippen LogP contribution in [0.2, 0.25) is 10.0 Å². The molecular formula is C26H24Cl2N4O2. The van der Waals surface area contributed by atoms with E-state index in [9.17, 15) is 4.79 Å². The average Bonchev–Trinajstić information content (AvgIpc) is 3.34. The number of hydrogen-bond donors (Lipinski definition) is 1. The lowest BCUT2D eigenvalue weighted by atomic mass is 10.1. The Kier molecular flexibility index (Phi) is 7.95. The van der Waals surface area contributed by atoms with E-state index in [4.69, 9.17) is 27.6 Å². The lowest BCUT2D eigenvalue weighted by Gasteiger charge is -2.28. The number of halogens is 2. The van der Waals surface area contributed by atoms with Crippen molar-refractivity contribution in [2.24, 2.45) is 0 Å². The molecule has 4 aromatic rings. The van der Waals surface area contributed by atoms with Crippen molar-refractivity contribution in [1.29, 1.82) is 0 Å². The van der Waals surface area contributed by atoms with Crippen molar-refractivity contribution in [1.82, 2.24) is 20.2 Å². The van der Waals surface area contributed by atoms with Gasteiger partial charge in [-0.2, -0.15) is 0 Å². The second-order valence-electron chi connectivity index (χ2n) is 7.91. The lowest BCUT2D eigenvalue weighted by Crippen LogP contribution is -2.27. The van der Waals surface area contributed by atoms with E-state index in [0.29, 0.717) is 35.6 Å². The molecule has 0 aliphatic heterocycles. The van der Waals surface area contributed by atoms with Crippen LogP contribution in [0.25, 0.3) is 0 Å². The van der Waals surface area contributed by atoms with Gasteiger partial charge in [-0.1, -0.05) is 65.7 Å². The van der Waals surface area contributed by atoms with Crippen LogP contribution in [-0.2, 0) is 19.6 Å². The van der Waals surface area contributed by atoms with Gasteiger partial charge in [0.1, 0.15) is 6.26 Å². The topological polar surface area (TPSA) is 71.3 Å². The summed E-state index contributed by atoms with van der Waals surface area (Å²) >= 11 is 12.3. The van der Waals surface area contributed by atoms with E-state index in [0.717, 1.165) is 16.7 Å². The van der Waals surface area contributed by atoms with E-state index in [2.05, 4.69) is 39.2 Å². The first kappa shape index (κ1) is 24.0. The number of carbonyl (C=O) groups excluding carboxylic acids is 1. The summed E-state index contributed by atoms with van der Waals surface area (Å²) in [4.78, 5) is 23.2. The van der Waals surface area contributed by atoms with Crippen LogP contribution < -0.4 is 5.32 Å². The fourth-order valence-electron chi connectivity index (χ4n) is 3.58. The lowest BCUT2D eigenvalue weighted by molar-refractivity contribution is 0.0945. The maximum atomic E-state index is 12.5. The Morgan fingerprint density at radius 3 is 2.59 bits per heavy atom. The molecule has 0 saturated heterocycles. The van der Waals surface area contributed by atoms with Crippen LogP contribution in [0, 0.1) is 0 Å². The van der Waals surface area contributed by atoms with Gasteiger partial charge >= 0.3 is 0 Å². The molecule has 174 valence electrons. The number of nitrogens with one attached hydrogen (secondary N) is 1. The van der Waals surface area contributed by atoms with Gasteiger partial charge in [0.05, 0.1) is 16.6 Å². The predicted octanol–water partition coefficient (Wildman–Crippen LogP) is 6.07. The minimum atomic E-state index is -0.300. The molecule has 0 aliphatic carbocycles. The molecule has 0 spiro atoms. The minimum absolute atomic E-state index is 0.0606. The van der Waals surface area contributed by atoms with E-state index in [1.165, 1.54) is 6.26 Å². The van der Waals surface area contributed by atoms with Crippen LogP contribution >= 0.6 is 23.2 Å². The van der Waals surface area contributed by atoms with Gasteiger partial charge in [-0.15, -0.1) is 0 Å². The highest BCUT2D eigenvalue weighted by molar-refractivity contribution is 6.42. The van der Waals surface area contributed by atoms with Gasteiger partial charge in [-0.3, -0.25) is 14.7 Å². The van der Waals surface area contributed by atoms with Crippen LogP contribution in [0.5, 0.6) is 0 Å². The summed E-state index contributed by atoms with van der Waals surface area (Å²) in [5.74, 6) is 0.153. The Morgan fingerprint density at radius 1 is 1.03 bits per heavy atom. The maximum Gasteiger partial charge on any atom is 0.273 e. The number of aromatic nitrogens is 2. The zero-order valence-electron chi connectivity index (χ0n) is 18.6. The predicted molar refractivity (Wildman–Crippen MR) is 132 cm³/mol. The molecule has 2 heterocycles. The molecule has 34 heavy (non-hydrogen) atoms. The fourth-order valence-corrected chi connectivity index (χ4v) is 3.90. The Bertz CT molecular complexity index is 1230. The second kappa shape index (κ2) is 11.3. The van der Waals surface area contributed by atoms with E-state index < -0.39 is 0 Å². The normalized spacial score (nSPS) is 12.0. The number of nitrogens with zero attached hydrogens (tertiary/aromatic N) is 3. The van der Waals surface area contributed by atoms with Gasteiger partial charge in [-0.25, -0.2) is 4.98 Å². The first-order chi connectivity index (χ1) is 16.5. The highest BCUT2D eigenvalue weighted by atomic mass is 35.5. The van der Waals surface area contributed by atoms with Gasteiger partial charge in [0.25, 0.3) is 5.91 Å². The van der Waals surface area contributed by atoms with Crippen molar-refractivity contribution in [2.75, 3.05) is 0 Å². The van der Waals surface area contributed by atoms with Crippen molar-refractivity contribution in [3.63, 3.8) is 0 Å². The minimum Gasteiger partial charge on any atom is -0.447 e. The fraction of sp³-hybridized carbons (Fsp3) is 0.192. The third-order valence-corrected chi connectivity index (χ3v) is 6.24. The molecule has 4 rings (SSSR count). The molecule has 1 unspecified atom stereocenters. The Labute approximate surface area is 208 Å². The first-order valence-corrected chi connectivity index (χ1v) is 11.6. The molecule has 2 aromatic heterocycles. The Morgan fingerprint density at radius 2 is 1.85 bits per heavy atom. The summed E-state index contributed by atoms with van der Waals surface area (Å²) in [6.07, 6.45) is 4.79. The molecule has 0 saturated carbocycles. The van der Waals surface area contributed by atoms with Crippen molar-refractivity contribution in [3.05, 3.63) is 118 Å². The van der Waals surface area contributed by atoms with Gasteiger partial charge in [0, 0.05) is 31.5 Å². The van der Waals surface area contributed by atoms with Crippen LogP contribution in [-0.4, -0.2) is 20.8 Å². The molecule has 0 bridgehead atoms. The largest absolute Gasteiger partial charge is 0.447 e. The van der Waals surface area contributed by atoms with E-state index >= 15 is 0 Å². The first-order valence-electron chi connectivity index (χ1n) is 10.8. The standard InChI is InChI=1S/C26H24Cl2N4O2/c1-18(21-7-3-2-4-8-21)32(15-19-9-10-22(27)23(28)12-19)16-25-31-24(17-34-25)26(33)30-14-20-6-5-11-29-13-20/h2-13,17-18H,14-16H2,1H3,(H,30,33). The number of oxazole rings is 1. The molecule has 1 atom stereocenters. The molecule has 2 aromatic carbocycles. The smallest absolute Gasteiger partial charge is 0.273 e. The molecule has 8 heteroatoms. The third-order valence-electron chi connectivity index (χ3n) is 5.50. The number of amides is 1. The van der Waals surface area contributed by atoms with Gasteiger partial charge in [0.2, 0.25) is 5.89 Å². The average molecular weight is 495 g/mol. The second-order valence-corrected chi connectivity index (χ2v) is 8.72. The molecular weight excluding hydrogens is 471 g/mol. The van der Waals surface area contributed by atoms with Crippen molar-refractivity contribution >= 4 is 29.1 Å². The highest BCUT2D eigenvalue weighted by Crippen LogP contribution is 2.27. The zero-order chi connectivity index (χ0) is 23.9. The van der Waals surface area contributed by atoms with E-state index in [-0.39, 0.29) is 17.6 Å². The van der Waals surface area contributed by atoms with Crippen molar-refractivity contribution in [2.45, 2.75) is 32.6 Å².